The molecule has 1 heterocycles. The molecule has 0 radical (unpaired) electrons. The molecular formula is C23H26FN3O3. The van der Waals surface area contributed by atoms with Crippen LogP contribution in [0.3, 0.4) is 0 Å². The topological polar surface area (TPSA) is 69.7 Å². The molecule has 2 aromatic rings. The summed E-state index contributed by atoms with van der Waals surface area (Å²) in [6.45, 7) is 6.26. The first-order valence-corrected chi connectivity index (χ1v) is 10.1. The molecule has 1 aliphatic rings. The van der Waals surface area contributed by atoms with Crippen LogP contribution >= 0.6 is 0 Å². The van der Waals surface area contributed by atoms with Crippen LogP contribution in [0.5, 0.6) is 0 Å². The molecule has 1 N–H and O–H groups in total. The quantitative estimate of drug-likeness (QED) is 0.694. The minimum absolute atomic E-state index is 0.113. The van der Waals surface area contributed by atoms with Crippen molar-refractivity contribution < 1.29 is 18.8 Å². The molecule has 3 rings (SSSR count). The highest BCUT2D eigenvalue weighted by molar-refractivity contribution is 6.22. The van der Waals surface area contributed by atoms with Crippen molar-refractivity contribution in [3.05, 3.63) is 59.9 Å². The predicted octanol–water partition coefficient (Wildman–Crippen LogP) is 4.21. The summed E-state index contributed by atoms with van der Waals surface area (Å²) in [5, 5.41) is 2.79. The van der Waals surface area contributed by atoms with Crippen LogP contribution < -0.4 is 10.2 Å². The fraction of sp³-hybridized carbons (Fsp3) is 0.348. The van der Waals surface area contributed by atoms with Crippen molar-refractivity contribution in [1.82, 2.24) is 4.90 Å². The van der Waals surface area contributed by atoms with Crippen molar-refractivity contribution in [2.24, 2.45) is 5.92 Å². The SMILES string of the molecule is CCc1ccc(NC(=O)CC2C(=O)N(c3ccc(F)cc3)C(=O)N2CC(C)C)cc1. The summed E-state index contributed by atoms with van der Waals surface area (Å²) in [4.78, 5) is 41.1. The number of aryl methyl sites for hydroxylation is 1. The molecule has 1 fully saturated rings. The van der Waals surface area contributed by atoms with Crippen LogP contribution in [0.1, 0.15) is 32.8 Å². The van der Waals surface area contributed by atoms with Gasteiger partial charge in [0.1, 0.15) is 11.9 Å². The molecule has 4 amide bonds. The van der Waals surface area contributed by atoms with Crippen molar-refractivity contribution in [2.45, 2.75) is 39.7 Å². The number of halogens is 1. The number of imide groups is 1. The van der Waals surface area contributed by atoms with Crippen molar-refractivity contribution in [1.29, 1.82) is 0 Å². The van der Waals surface area contributed by atoms with E-state index in [4.69, 9.17) is 0 Å². The van der Waals surface area contributed by atoms with E-state index in [2.05, 4.69) is 5.32 Å². The van der Waals surface area contributed by atoms with Gasteiger partial charge in [0, 0.05) is 12.2 Å². The van der Waals surface area contributed by atoms with Crippen LogP contribution in [0.2, 0.25) is 0 Å². The average Bonchev–Trinajstić information content (AvgIpc) is 2.93. The van der Waals surface area contributed by atoms with Crippen molar-refractivity contribution in [2.75, 3.05) is 16.8 Å². The van der Waals surface area contributed by atoms with Gasteiger partial charge in [-0.2, -0.15) is 0 Å². The number of rotatable bonds is 7. The molecule has 2 aromatic carbocycles. The summed E-state index contributed by atoms with van der Waals surface area (Å²) in [5.41, 5.74) is 2.08. The van der Waals surface area contributed by atoms with E-state index >= 15 is 0 Å². The van der Waals surface area contributed by atoms with E-state index < -0.39 is 23.8 Å². The highest BCUT2D eigenvalue weighted by Crippen LogP contribution is 2.28. The lowest BCUT2D eigenvalue weighted by Gasteiger charge is -2.23. The van der Waals surface area contributed by atoms with Gasteiger partial charge in [0.15, 0.2) is 0 Å². The first kappa shape index (κ1) is 21.5. The average molecular weight is 411 g/mol. The Balaban J connectivity index is 1.79. The number of hydrogen-bond donors (Lipinski definition) is 1. The third-order valence-electron chi connectivity index (χ3n) is 4.99. The van der Waals surface area contributed by atoms with Gasteiger partial charge < -0.3 is 10.2 Å². The first-order valence-electron chi connectivity index (χ1n) is 10.1. The van der Waals surface area contributed by atoms with Gasteiger partial charge >= 0.3 is 6.03 Å². The molecule has 0 bridgehead atoms. The van der Waals surface area contributed by atoms with Gasteiger partial charge in [0.2, 0.25) is 5.91 Å². The first-order chi connectivity index (χ1) is 14.3. The molecular weight excluding hydrogens is 385 g/mol. The largest absolute Gasteiger partial charge is 0.332 e. The van der Waals surface area contributed by atoms with E-state index in [1.165, 1.54) is 29.2 Å². The monoisotopic (exact) mass is 411 g/mol. The Hall–Kier alpha value is -3.22. The maximum atomic E-state index is 13.3. The Kier molecular flexibility index (Phi) is 6.50. The summed E-state index contributed by atoms with van der Waals surface area (Å²) in [7, 11) is 0. The lowest BCUT2D eigenvalue weighted by molar-refractivity contribution is -0.124. The molecule has 0 aromatic heterocycles. The van der Waals surface area contributed by atoms with Crippen LogP contribution in [0.25, 0.3) is 0 Å². The van der Waals surface area contributed by atoms with Gasteiger partial charge in [-0.3, -0.25) is 9.59 Å². The van der Waals surface area contributed by atoms with E-state index in [1.807, 2.05) is 45.0 Å². The zero-order chi connectivity index (χ0) is 21.8. The summed E-state index contributed by atoms with van der Waals surface area (Å²) in [5.74, 6) is -1.17. The highest BCUT2D eigenvalue weighted by Gasteiger charge is 2.46. The number of benzene rings is 2. The Morgan fingerprint density at radius 3 is 2.27 bits per heavy atom. The molecule has 158 valence electrons. The molecule has 1 atom stereocenters. The Morgan fingerprint density at radius 2 is 1.70 bits per heavy atom. The maximum absolute atomic E-state index is 13.3. The second-order valence-electron chi connectivity index (χ2n) is 7.80. The molecule has 1 unspecified atom stereocenters. The second kappa shape index (κ2) is 9.07. The normalized spacial score (nSPS) is 16.5. The van der Waals surface area contributed by atoms with Gasteiger partial charge in [0.05, 0.1) is 12.1 Å². The van der Waals surface area contributed by atoms with Gasteiger partial charge in [-0.15, -0.1) is 0 Å². The lowest BCUT2D eigenvalue weighted by Crippen LogP contribution is -2.40. The fourth-order valence-corrected chi connectivity index (χ4v) is 3.47. The van der Waals surface area contributed by atoms with Gasteiger partial charge in [0.25, 0.3) is 5.91 Å². The van der Waals surface area contributed by atoms with E-state index in [1.54, 1.807) is 0 Å². The number of amides is 4. The van der Waals surface area contributed by atoms with E-state index in [9.17, 15) is 18.8 Å². The Labute approximate surface area is 175 Å². The summed E-state index contributed by atoms with van der Waals surface area (Å²) in [6, 6.07) is 11.3. The number of carbonyl (C=O) groups is 3. The van der Waals surface area contributed by atoms with E-state index in [0.717, 1.165) is 16.9 Å². The summed E-state index contributed by atoms with van der Waals surface area (Å²) < 4.78 is 13.3. The minimum atomic E-state index is -0.903. The molecule has 0 aliphatic carbocycles. The molecule has 30 heavy (non-hydrogen) atoms. The summed E-state index contributed by atoms with van der Waals surface area (Å²) in [6.07, 6.45) is 0.751. The molecule has 7 heteroatoms. The number of nitrogens with one attached hydrogen (secondary N) is 1. The smallest absolute Gasteiger partial charge is 0.326 e. The number of nitrogens with zero attached hydrogens (tertiary/aromatic N) is 2. The number of anilines is 2. The second-order valence-corrected chi connectivity index (χ2v) is 7.80. The van der Waals surface area contributed by atoms with E-state index in [-0.39, 0.29) is 18.2 Å². The molecule has 6 nitrogen and oxygen atoms in total. The predicted molar refractivity (Wildman–Crippen MR) is 114 cm³/mol. The molecule has 0 saturated carbocycles. The molecule has 0 spiro atoms. The van der Waals surface area contributed by atoms with Crippen LogP contribution in [-0.4, -0.2) is 35.3 Å². The molecule has 1 aliphatic heterocycles. The van der Waals surface area contributed by atoms with Gasteiger partial charge in [-0.05, 0) is 54.3 Å². The Morgan fingerprint density at radius 1 is 1.07 bits per heavy atom. The van der Waals surface area contributed by atoms with Crippen LogP contribution in [0, 0.1) is 11.7 Å². The minimum Gasteiger partial charge on any atom is -0.326 e. The van der Waals surface area contributed by atoms with E-state index in [0.29, 0.717) is 17.9 Å². The lowest BCUT2D eigenvalue weighted by atomic mass is 10.1. The zero-order valence-electron chi connectivity index (χ0n) is 17.4. The third-order valence-corrected chi connectivity index (χ3v) is 4.99. The van der Waals surface area contributed by atoms with Crippen molar-refractivity contribution >= 4 is 29.2 Å². The fourth-order valence-electron chi connectivity index (χ4n) is 3.47. The van der Waals surface area contributed by atoms with Crippen molar-refractivity contribution in [3.63, 3.8) is 0 Å². The summed E-state index contributed by atoms with van der Waals surface area (Å²) >= 11 is 0. The maximum Gasteiger partial charge on any atom is 0.332 e. The van der Waals surface area contributed by atoms with Gasteiger partial charge in [-0.1, -0.05) is 32.9 Å². The molecule has 1 saturated heterocycles. The van der Waals surface area contributed by atoms with Crippen LogP contribution in [0.15, 0.2) is 48.5 Å². The van der Waals surface area contributed by atoms with Gasteiger partial charge in [-0.25, -0.2) is 14.1 Å². The standard InChI is InChI=1S/C23H26FN3O3/c1-4-16-5-9-18(10-6-16)25-21(28)13-20-22(29)27(19-11-7-17(24)8-12-19)23(30)26(20)14-15(2)3/h5-12,15,20H,4,13-14H2,1-3H3,(H,25,28). The van der Waals surface area contributed by atoms with Crippen LogP contribution in [-0.2, 0) is 16.0 Å². The highest BCUT2D eigenvalue weighted by atomic mass is 19.1. The number of hydrogen-bond acceptors (Lipinski definition) is 3. The van der Waals surface area contributed by atoms with Crippen LogP contribution in [0.4, 0.5) is 20.6 Å². The number of carbonyl (C=O) groups excluding carboxylic acids is 3. The number of urea groups is 1. The third kappa shape index (κ3) is 4.67. The zero-order valence-corrected chi connectivity index (χ0v) is 17.4. The van der Waals surface area contributed by atoms with Crippen molar-refractivity contribution in [3.8, 4) is 0 Å². The Bertz CT molecular complexity index is 926.